The van der Waals surface area contributed by atoms with Crippen molar-refractivity contribution in [3.63, 3.8) is 0 Å². The minimum atomic E-state index is -0.541. The summed E-state index contributed by atoms with van der Waals surface area (Å²) in [6.45, 7) is 9.20. The average molecular weight is 1270 g/mol. The second-order valence-electron chi connectivity index (χ2n) is 19.4. The number of nitrogens with one attached hydrogen (secondary N) is 3. The highest BCUT2D eigenvalue weighted by Crippen LogP contribution is 2.09. The second kappa shape index (κ2) is 80.8. The van der Waals surface area contributed by atoms with Gasteiger partial charge in [-0.2, -0.15) is 5.26 Å². The van der Waals surface area contributed by atoms with Crippen molar-refractivity contribution in [2.75, 3.05) is 119 Å². The standard InChI is InChI=1S/C30H54N2O10.C17H27N3O6.C8H16O4.C4H10.C2H6O2/c1-26(33)31-19-13-7-3-5-10-17-28(35)41-24-25-42-30(37)32-20-14-8-4-6-11-16-27(34)39-22-23-40-29(36)18-12-9-15-21-38-2;18-14-24-11-7-2-1-6-10-20-17(23)26-13-12-25-16(22)8-4-3-5-9-19-15-21;9-5-3-1-2-4-8(11)12-7-6-10;1-3-4-2;3-1-2-4/h3-25H2,1-2H3,(H,31,33)(H,32,37);1-13H2,(H,20,23);9-10H,1-7H2;3-4H2,1-2H3;3-4H,1-2H2. The monoisotopic (exact) mass is 1270 g/mol. The van der Waals surface area contributed by atoms with Crippen LogP contribution in [0.2, 0.25) is 0 Å². The number of nitrogens with zero attached hydrogens (tertiary/aromatic N) is 2. The molecule has 88 heavy (non-hydrogen) atoms. The summed E-state index contributed by atoms with van der Waals surface area (Å²) in [5.41, 5.74) is 0. The minimum Gasteiger partial charge on any atom is -0.463 e. The molecule has 27 heteroatoms. The molecule has 0 radical (unpaired) electrons. The van der Waals surface area contributed by atoms with Gasteiger partial charge >= 0.3 is 42.0 Å². The maximum absolute atomic E-state index is 11.8. The molecule has 0 saturated heterocycles. The second-order valence-corrected chi connectivity index (χ2v) is 19.4. The van der Waals surface area contributed by atoms with Crippen LogP contribution in [-0.4, -0.2) is 194 Å². The number of aliphatic imine (C=N–C) groups is 1. The minimum absolute atomic E-state index is 0.00850. The number of alkyl carbamates (subject to hydrolysis) is 2. The number of ether oxygens (including phenoxy) is 9. The number of amides is 3. The van der Waals surface area contributed by atoms with E-state index in [1.807, 2.05) is 0 Å². The van der Waals surface area contributed by atoms with E-state index in [4.69, 9.17) is 58.8 Å². The molecule has 0 aromatic rings. The molecular weight excluding hydrogens is 1150 g/mol. The lowest BCUT2D eigenvalue weighted by Gasteiger charge is -2.08. The van der Waals surface area contributed by atoms with Crippen LogP contribution < -0.4 is 16.0 Å². The van der Waals surface area contributed by atoms with Crippen molar-refractivity contribution in [2.45, 2.75) is 213 Å². The third-order valence-electron chi connectivity index (χ3n) is 11.5. The molecule has 0 aromatic carbocycles. The average Bonchev–Trinajstić information content (AvgIpc) is 3.52. The lowest BCUT2D eigenvalue weighted by atomic mass is 10.1. The molecule has 0 rings (SSSR count). The van der Waals surface area contributed by atoms with Crippen molar-refractivity contribution >= 4 is 54.0 Å². The Bertz CT molecular complexity index is 1710. The molecule has 0 aliphatic heterocycles. The van der Waals surface area contributed by atoms with Gasteiger partial charge in [-0.1, -0.05) is 90.9 Å². The maximum Gasteiger partial charge on any atom is 0.407 e. The fourth-order valence-electron chi connectivity index (χ4n) is 6.64. The summed E-state index contributed by atoms with van der Waals surface area (Å²) in [6.07, 6.45) is 25.7. The summed E-state index contributed by atoms with van der Waals surface area (Å²) >= 11 is 0. The van der Waals surface area contributed by atoms with Crippen molar-refractivity contribution in [1.29, 1.82) is 5.26 Å². The van der Waals surface area contributed by atoms with Crippen molar-refractivity contribution < 1.29 is 106 Å². The number of methoxy groups -OCH3 is 1. The van der Waals surface area contributed by atoms with E-state index in [1.54, 1.807) is 13.4 Å². The Morgan fingerprint density at radius 3 is 1.07 bits per heavy atom. The van der Waals surface area contributed by atoms with Crippen LogP contribution in [0, 0.1) is 11.5 Å². The van der Waals surface area contributed by atoms with Crippen molar-refractivity contribution in [2.24, 2.45) is 4.99 Å². The van der Waals surface area contributed by atoms with E-state index in [1.165, 1.54) is 25.8 Å². The first-order chi connectivity index (χ1) is 42.7. The first kappa shape index (κ1) is 90.6. The number of carbonyl (C=O) groups is 8. The normalized spacial score (nSPS) is 9.85. The Labute approximate surface area is 523 Å². The lowest BCUT2D eigenvalue weighted by molar-refractivity contribution is -0.152. The fraction of sp³-hybridized carbons (Fsp3) is 0.836. The molecule has 0 heterocycles. The first-order valence-electron chi connectivity index (χ1n) is 31.5. The summed E-state index contributed by atoms with van der Waals surface area (Å²) in [4.78, 5) is 104. The maximum atomic E-state index is 11.8. The van der Waals surface area contributed by atoms with Crippen LogP contribution in [0.15, 0.2) is 4.99 Å². The molecule has 0 spiro atoms. The number of hydrogen-bond acceptors (Lipinski definition) is 24. The van der Waals surface area contributed by atoms with Gasteiger partial charge < -0.3 is 79.0 Å². The predicted octanol–water partition coefficient (Wildman–Crippen LogP) is 7.43. The Kier molecular flexibility index (Phi) is 83.2. The molecule has 0 aliphatic rings. The van der Waals surface area contributed by atoms with Crippen LogP contribution in [0.5, 0.6) is 0 Å². The van der Waals surface area contributed by atoms with Gasteiger partial charge in [0.1, 0.15) is 52.9 Å². The number of isocyanates is 1. The van der Waals surface area contributed by atoms with Crippen molar-refractivity contribution in [1.82, 2.24) is 16.0 Å². The Balaban J connectivity index is -0.000000418. The molecule has 0 saturated carbocycles. The Morgan fingerprint density at radius 1 is 0.386 bits per heavy atom. The van der Waals surface area contributed by atoms with Crippen LogP contribution in [0.4, 0.5) is 9.59 Å². The molecule has 0 aromatic heterocycles. The van der Waals surface area contributed by atoms with Gasteiger partial charge in [-0.25, -0.2) is 19.4 Å². The van der Waals surface area contributed by atoms with Gasteiger partial charge in [0.25, 0.3) is 6.26 Å². The van der Waals surface area contributed by atoms with Gasteiger partial charge in [-0.3, -0.25) is 28.8 Å². The van der Waals surface area contributed by atoms with E-state index in [0.29, 0.717) is 77.9 Å². The number of nitriles is 1. The Hall–Kier alpha value is -6.17. The van der Waals surface area contributed by atoms with Gasteiger partial charge in [0.2, 0.25) is 12.0 Å². The quantitative estimate of drug-likeness (QED) is 0.00777. The Morgan fingerprint density at radius 2 is 0.716 bits per heavy atom. The van der Waals surface area contributed by atoms with Gasteiger partial charge in [0, 0.05) is 79.0 Å². The highest BCUT2D eigenvalue weighted by Gasteiger charge is 2.09. The van der Waals surface area contributed by atoms with E-state index < -0.39 is 12.2 Å². The zero-order chi connectivity index (χ0) is 66.5. The molecule has 0 aliphatic carbocycles. The van der Waals surface area contributed by atoms with Gasteiger partial charge in [0.05, 0.1) is 26.4 Å². The molecule has 0 bridgehead atoms. The predicted molar refractivity (Wildman–Crippen MR) is 327 cm³/mol. The van der Waals surface area contributed by atoms with Crippen molar-refractivity contribution in [3.8, 4) is 6.26 Å². The van der Waals surface area contributed by atoms with Gasteiger partial charge in [-0.15, -0.1) is 0 Å². The zero-order valence-electron chi connectivity index (χ0n) is 53.8. The van der Waals surface area contributed by atoms with E-state index in [2.05, 4.69) is 44.3 Å². The third kappa shape index (κ3) is 91.0. The lowest BCUT2D eigenvalue weighted by Crippen LogP contribution is -2.26. The zero-order valence-corrected chi connectivity index (χ0v) is 53.8. The van der Waals surface area contributed by atoms with Crippen LogP contribution >= 0.6 is 0 Å². The molecule has 3 amide bonds. The number of aliphatic hydroxyl groups is 4. The smallest absolute Gasteiger partial charge is 0.407 e. The number of aliphatic hydroxyl groups excluding tert-OH is 4. The van der Waals surface area contributed by atoms with Crippen LogP contribution in [-0.2, 0) is 76.2 Å². The van der Waals surface area contributed by atoms with E-state index in [-0.39, 0.29) is 115 Å². The van der Waals surface area contributed by atoms with E-state index in [0.717, 1.165) is 135 Å². The first-order valence-corrected chi connectivity index (χ1v) is 31.5. The molecule has 0 fully saturated rings. The van der Waals surface area contributed by atoms with E-state index in [9.17, 15) is 43.2 Å². The largest absolute Gasteiger partial charge is 0.463 e. The summed E-state index contributed by atoms with van der Waals surface area (Å²) in [6, 6.07) is 0. The van der Waals surface area contributed by atoms with Crippen LogP contribution in [0.3, 0.4) is 0 Å². The van der Waals surface area contributed by atoms with Crippen LogP contribution in [0.1, 0.15) is 213 Å². The SMILES string of the molecule is CCCC.COCCCCCC(=O)OCCOC(=O)CCCCCCCNC(=O)OCCOC(=O)CCCCCCCNC(C)=O.N#COCCCCCCNC(=O)OCCOC(=O)CCCCCN=C=O.O=C(CCCCCO)OCCO.OCCO. The fourth-order valence-corrected chi connectivity index (χ4v) is 6.64. The summed E-state index contributed by atoms with van der Waals surface area (Å²) in [5, 5.41) is 48.2. The topological polar surface area (TPSA) is 390 Å². The molecular formula is C61H113N5O22. The number of hydrogen-bond donors (Lipinski definition) is 7. The van der Waals surface area contributed by atoms with Gasteiger partial charge in [0.15, 0.2) is 0 Å². The van der Waals surface area contributed by atoms with Gasteiger partial charge in [-0.05, 0) is 83.5 Å². The highest BCUT2D eigenvalue weighted by molar-refractivity contribution is 5.73. The molecule has 0 atom stereocenters. The molecule has 0 unspecified atom stereocenters. The number of carbonyl (C=O) groups excluding carboxylic acids is 9. The molecule has 27 nitrogen and oxygen atoms in total. The van der Waals surface area contributed by atoms with Crippen LogP contribution in [0.25, 0.3) is 0 Å². The summed E-state index contributed by atoms with van der Waals surface area (Å²) < 4.78 is 44.2. The molecule has 7 N–H and O–H groups in total. The summed E-state index contributed by atoms with van der Waals surface area (Å²) in [7, 11) is 1.65. The molecule has 514 valence electrons. The third-order valence-corrected chi connectivity index (χ3v) is 11.5. The highest BCUT2D eigenvalue weighted by atomic mass is 16.6. The number of unbranched alkanes of at least 4 members (excludes halogenated alkanes) is 18. The van der Waals surface area contributed by atoms with E-state index >= 15 is 0 Å². The number of rotatable bonds is 53. The number of esters is 5. The van der Waals surface area contributed by atoms with Crippen molar-refractivity contribution in [3.05, 3.63) is 0 Å². The summed E-state index contributed by atoms with van der Waals surface area (Å²) in [5.74, 6) is -1.51.